The SMILES string of the molecule is CCC(=O)Nc1ccc(Oc2ccc(C(=O)OC)cc2)cc1NC(=NC(=O)OC)NC(=O)OC. The molecule has 0 spiro atoms. The second-order valence-corrected chi connectivity index (χ2v) is 6.40. The van der Waals surface area contributed by atoms with Gasteiger partial charge in [0.25, 0.3) is 0 Å². The molecule has 0 unspecified atom stereocenters. The number of esters is 1. The second-order valence-electron chi connectivity index (χ2n) is 6.40. The molecule has 3 amide bonds. The van der Waals surface area contributed by atoms with Crippen LogP contribution in [0.1, 0.15) is 23.7 Å². The predicted octanol–water partition coefficient (Wildman–Crippen LogP) is 3.50. The first-order valence-electron chi connectivity index (χ1n) is 9.88. The van der Waals surface area contributed by atoms with Gasteiger partial charge in [-0.05, 0) is 36.4 Å². The van der Waals surface area contributed by atoms with E-state index in [4.69, 9.17) is 4.74 Å². The van der Waals surface area contributed by atoms with Crippen molar-refractivity contribution in [2.24, 2.45) is 4.99 Å². The Morgan fingerprint density at radius 1 is 0.824 bits per heavy atom. The molecule has 12 heteroatoms. The first kappa shape index (κ1) is 25.6. The van der Waals surface area contributed by atoms with Crippen LogP contribution in [-0.2, 0) is 19.0 Å². The quantitative estimate of drug-likeness (QED) is 0.248. The van der Waals surface area contributed by atoms with Gasteiger partial charge in [-0.25, -0.2) is 14.4 Å². The lowest BCUT2D eigenvalue weighted by molar-refractivity contribution is -0.115. The summed E-state index contributed by atoms with van der Waals surface area (Å²) in [5, 5.41) is 7.69. The number of rotatable bonds is 6. The van der Waals surface area contributed by atoms with Gasteiger partial charge in [0.1, 0.15) is 11.5 Å². The third-order valence-corrected chi connectivity index (χ3v) is 4.13. The standard InChI is InChI=1S/C22H24N4O8/c1-5-18(27)23-16-11-10-15(34-14-8-6-13(7-9-14)19(28)31-2)12-17(16)24-20(25-21(29)32-3)26-22(30)33-4/h6-12H,5H2,1-4H3,(H,23,27)(H2,24,25,26,29,30). The lowest BCUT2D eigenvalue weighted by Crippen LogP contribution is -2.36. The van der Waals surface area contributed by atoms with E-state index in [1.165, 1.54) is 25.3 Å². The molecule has 0 aliphatic heterocycles. The number of nitrogens with zero attached hydrogens (tertiary/aromatic N) is 1. The molecule has 0 aliphatic carbocycles. The Kier molecular flexibility index (Phi) is 9.38. The molecular formula is C22H24N4O8. The van der Waals surface area contributed by atoms with Gasteiger partial charge in [0, 0.05) is 12.5 Å². The summed E-state index contributed by atoms with van der Waals surface area (Å²) in [6, 6.07) is 10.9. The molecule has 12 nitrogen and oxygen atoms in total. The highest BCUT2D eigenvalue weighted by Gasteiger charge is 2.14. The van der Waals surface area contributed by atoms with Crippen LogP contribution in [0.4, 0.5) is 21.0 Å². The third-order valence-electron chi connectivity index (χ3n) is 4.13. The van der Waals surface area contributed by atoms with Crippen LogP contribution < -0.4 is 20.7 Å². The summed E-state index contributed by atoms with van der Waals surface area (Å²) in [7, 11) is 3.54. The zero-order chi connectivity index (χ0) is 25.1. The number of methoxy groups -OCH3 is 3. The topological polar surface area (TPSA) is 154 Å². The molecule has 0 aromatic heterocycles. The first-order valence-corrected chi connectivity index (χ1v) is 9.88. The van der Waals surface area contributed by atoms with Crippen LogP contribution >= 0.6 is 0 Å². The molecule has 0 radical (unpaired) electrons. The molecule has 2 rings (SSSR count). The van der Waals surface area contributed by atoms with Crippen molar-refractivity contribution < 1.29 is 38.1 Å². The minimum atomic E-state index is -0.990. The maximum absolute atomic E-state index is 12.0. The largest absolute Gasteiger partial charge is 0.465 e. The third kappa shape index (κ3) is 7.51. The number of alkyl carbamates (subject to hydrolysis) is 1. The number of anilines is 2. The summed E-state index contributed by atoms with van der Waals surface area (Å²) in [4.78, 5) is 50.4. The predicted molar refractivity (Wildman–Crippen MR) is 122 cm³/mol. The van der Waals surface area contributed by atoms with Gasteiger partial charge in [0.2, 0.25) is 11.9 Å². The van der Waals surface area contributed by atoms with Gasteiger partial charge in [-0.2, -0.15) is 0 Å². The fourth-order valence-corrected chi connectivity index (χ4v) is 2.45. The van der Waals surface area contributed by atoms with Crippen LogP contribution in [0.3, 0.4) is 0 Å². The zero-order valence-corrected chi connectivity index (χ0v) is 19.0. The monoisotopic (exact) mass is 472 g/mol. The molecule has 0 fully saturated rings. The number of benzene rings is 2. The molecule has 34 heavy (non-hydrogen) atoms. The summed E-state index contributed by atoms with van der Waals surface area (Å²) < 4.78 is 19.5. The number of nitrogens with one attached hydrogen (secondary N) is 3. The van der Waals surface area contributed by atoms with E-state index in [2.05, 4.69) is 35.2 Å². The normalized spacial score (nSPS) is 10.5. The summed E-state index contributed by atoms with van der Waals surface area (Å²) in [6.45, 7) is 1.68. The van der Waals surface area contributed by atoms with Crippen LogP contribution in [0.15, 0.2) is 47.5 Å². The zero-order valence-electron chi connectivity index (χ0n) is 19.0. The van der Waals surface area contributed by atoms with Crippen LogP contribution in [0, 0.1) is 0 Å². The Morgan fingerprint density at radius 2 is 1.50 bits per heavy atom. The Balaban J connectivity index is 2.38. The van der Waals surface area contributed by atoms with Crippen LogP contribution in [-0.4, -0.2) is 51.4 Å². The molecule has 2 aromatic rings. The van der Waals surface area contributed by atoms with E-state index in [0.717, 1.165) is 14.2 Å². The van der Waals surface area contributed by atoms with Gasteiger partial charge in [-0.1, -0.05) is 6.92 Å². The Hall–Kier alpha value is -4.61. The Labute approximate surface area is 195 Å². The van der Waals surface area contributed by atoms with Crippen molar-refractivity contribution >= 4 is 41.4 Å². The number of hydrogen-bond donors (Lipinski definition) is 3. The van der Waals surface area contributed by atoms with Crippen LogP contribution in [0.25, 0.3) is 0 Å². The van der Waals surface area contributed by atoms with E-state index in [9.17, 15) is 19.2 Å². The van der Waals surface area contributed by atoms with Crippen molar-refractivity contribution in [3.05, 3.63) is 48.0 Å². The van der Waals surface area contributed by atoms with Crippen molar-refractivity contribution in [1.29, 1.82) is 0 Å². The van der Waals surface area contributed by atoms with Gasteiger partial charge in [0.05, 0.1) is 38.3 Å². The molecule has 0 bridgehead atoms. The maximum atomic E-state index is 12.0. The molecule has 0 aliphatic rings. The first-order chi connectivity index (χ1) is 16.3. The Morgan fingerprint density at radius 3 is 2.09 bits per heavy atom. The molecule has 0 saturated carbocycles. The average molecular weight is 472 g/mol. The highest BCUT2D eigenvalue weighted by Crippen LogP contribution is 2.30. The molecular weight excluding hydrogens is 448 g/mol. The van der Waals surface area contributed by atoms with E-state index < -0.39 is 18.2 Å². The number of ether oxygens (including phenoxy) is 4. The molecule has 3 N–H and O–H groups in total. The number of amides is 3. The second kappa shape index (κ2) is 12.4. The van der Waals surface area contributed by atoms with E-state index in [1.54, 1.807) is 31.2 Å². The van der Waals surface area contributed by atoms with E-state index >= 15 is 0 Å². The molecule has 0 heterocycles. The van der Waals surface area contributed by atoms with Gasteiger partial charge in [-0.3, -0.25) is 10.1 Å². The Bertz CT molecular complexity index is 1080. The number of carbonyl (C=O) groups is 4. The lowest BCUT2D eigenvalue weighted by Gasteiger charge is -2.16. The smallest absolute Gasteiger partial charge is 0.436 e. The number of carbonyl (C=O) groups excluding carboxylic acids is 4. The number of guanidine groups is 1. The summed E-state index contributed by atoms with van der Waals surface area (Å²) in [6.07, 6.45) is -1.67. The molecule has 2 aromatic carbocycles. The number of aliphatic imine (C=N–C) groups is 1. The van der Waals surface area contributed by atoms with Crippen LogP contribution in [0.5, 0.6) is 11.5 Å². The molecule has 0 saturated heterocycles. The lowest BCUT2D eigenvalue weighted by atomic mass is 10.2. The van der Waals surface area contributed by atoms with Crippen molar-refractivity contribution in [2.75, 3.05) is 32.0 Å². The van der Waals surface area contributed by atoms with E-state index in [0.29, 0.717) is 22.7 Å². The van der Waals surface area contributed by atoms with E-state index in [1.807, 2.05) is 0 Å². The van der Waals surface area contributed by atoms with Gasteiger partial charge < -0.3 is 29.6 Å². The van der Waals surface area contributed by atoms with Crippen LogP contribution in [0.2, 0.25) is 0 Å². The minimum absolute atomic E-state index is 0.216. The highest BCUT2D eigenvalue weighted by molar-refractivity contribution is 6.08. The fraction of sp³-hybridized carbons (Fsp3) is 0.227. The van der Waals surface area contributed by atoms with Crippen molar-refractivity contribution in [1.82, 2.24) is 5.32 Å². The van der Waals surface area contributed by atoms with Gasteiger partial charge in [0.15, 0.2) is 0 Å². The average Bonchev–Trinajstić information content (AvgIpc) is 2.85. The number of hydrogen-bond acceptors (Lipinski definition) is 8. The minimum Gasteiger partial charge on any atom is -0.465 e. The van der Waals surface area contributed by atoms with Gasteiger partial charge in [-0.15, -0.1) is 4.99 Å². The van der Waals surface area contributed by atoms with Crippen molar-refractivity contribution in [2.45, 2.75) is 13.3 Å². The molecule has 0 atom stereocenters. The van der Waals surface area contributed by atoms with Gasteiger partial charge >= 0.3 is 18.2 Å². The highest BCUT2D eigenvalue weighted by atomic mass is 16.5. The van der Waals surface area contributed by atoms with E-state index in [-0.39, 0.29) is 24.0 Å². The van der Waals surface area contributed by atoms with Crippen molar-refractivity contribution in [3.8, 4) is 11.5 Å². The summed E-state index contributed by atoms with van der Waals surface area (Å²) in [5.74, 6) is -0.323. The summed E-state index contributed by atoms with van der Waals surface area (Å²) in [5.41, 5.74) is 0.918. The fourth-order valence-electron chi connectivity index (χ4n) is 2.45. The summed E-state index contributed by atoms with van der Waals surface area (Å²) >= 11 is 0. The maximum Gasteiger partial charge on any atom is 0.436 e. The molecule has 180 valence electrons. The van der Waals surface area contributed by atoms with Crippen molar-refractivity contribution in [3.63, 3.8) is 0 Å².